The van der Waals surface area contributed by atoms with Gasteiger partial charge in [-0.15, -0.1) is 0 Å². The number of guanidine groups is 1. The average molecular weight is 401 g/mol. The number of nitrogens with zero attached hydrogens (tertiary/aromatic N) is 1. The van der Waals surface area contributed by atoms with Crippen molar-refractivity contribution < 1.29 is 4.79 Å². The lowest BCUT2D eigenvalue weighted by Gasteiger charge is -2.20. The number of nitrogens with one attached hydrogen (secondary N) is 3. The Labute approximate surface area is 172 Å². The Morgan fingerprint density at radius 2 is 1.82 bits per heavy atom. The molecule has 0 radical (unpaired) electrons. The summed E-state index contributed by atoms with van der Waals surface area (Å²) in [5.41, 5.74) is 2.50. The van der Waals surface area contributed by atoms with Crippen LogP contribution in [0.2, 0.25) is 5.02 Å². The quantitative estimate of drug-likeness (QED) is 0.510. The molecule has 0 saturated heterocycles. The minimum Gasteiger partial charge on any atom is -0.356 e. The van der Waals surface area contributed by atoms with Gasteiger partial charge in [-0.05, 0) is 56.5 Å². The van der Waals surface area contributed by atoms with E-state index < -0.39 is 0 Å². The molecule has 150 valence electrons. The molecule has 2 aromatic rings. The van der Waals surface area contributed by atoms with Crippen molar-refractivity contribution in [3.8, 4) is 0 Å². The van der Waals surface area contributed by atoms with Crippen LogP contribution >= 0.6 is 11.6 Å². The molecule has 0 bridgehead atoms. The fourth-order valence-corrected chi connectivity index (χ4v) is 2.89. The largest absolute Gasteiger partial charge is 0.356 e. The summed E-state index contributed by atoms with van der Waals surface area (Å²) in [4.78, 5) is 16.6. The Morgan fingerprint density at radius 1 is 1.07 bits per heavy atom. The topological polar surface area (TPSA) is 65.5 Å². The summed E-state index contributed by atoms with van der Waals surface area (Å²) in [6.07, 6.45) is 0.808. The van der Waals surface area contributed by atoms with Gasteiger partial charge in [-0.25, -0.2) is 0 Å². The van der Waals surface area contributed by atoms with Gasteiger partial charge in [0.1, 0.15) is 0 Å². The molecule has 0 spiro atoms. The molecule has 0 aliphatic rings. The maximum absolute atomic E-state index is 12.3. The number of benzene rings is 2. The fourth-order valence-electron chi connectivity index (χ4n) is 2.66. The molecule has 2 aromatic carbocycles. The molecule has 0 atom stereocenters. The zero-order valence-electron chi connectivity index (χ0n) is 17.0. The van der Waals surface area contributed by atoms with Gasteiger partial charge in [0, 0.05) is 36.3 Å². The van der Waals surface area contributed by atoms with Crippen molar-refractivity contribution >= 4 is 23.5 Å². The molecule has 5 nitrogen and oxygen atoms in total. The monoisotopic (exact) mass is 400 g/mol. The van der Waals surface area contributed by atoms with Crippen LogP contribution in [0, 0.1) is 0 Å². The highest BCUT2D eigenvalue weighted by Crippen LogP contribution is 2.14. The second kappa shape index (κ2) is 10.1. The molecule has 0 heterocycles. The number of amides is 1. The normalized spacial score (nSPS) is 11.8. The maximum atomic E-state index is 12.3. The molecule has 0 aliphatic carbocycles. The van der Waals surface area contributed by atoms with E-state index in [1.807, 2.05) is 69.3 Å². The molecule has 0 fully saturated rings. The van der Waals surface area contributed by atoms with Gasteiger partial charge in [0.15, 0.2) is 5.96 Å². The van der Waals surface area contributed by atoms with E-state index in [0.717, 1.165) is 29.1 Å². The lowest BCUT2D eigenvalue weighted by molar-refractivity contribution is 0.0919. The van der Waals surface area contributed by atoms with Crippen molar-refractivity contribution in [2.24, 2.45) is 4.99 Å². The predicted octanol–water partition coefficient (Wildman–Crippen LogP) is 3.78. The van der Waals surface area contributed by atoms with Crippen LogP contribution in [0.5, 0.6) is 0 Å². The first-order chi connectivity index (χ1) is 13.3. The van der Waals surface area contributed by atoms with E-state index in [2.05, 4.69) is 20.9 Å². The van der Waals surface area contributed by atoms with E-state index in [4.69, 9.17) is 11.6 Å². The number of rotatable bonds is 6. The summed E-state index contributed by atoms with van der Waals surface area (Å²) in [6.45, 7) is 7.19. The molecule has 0 aliphatic heterocycles. The molecule has 28 heavy (non-hydrogen) atoms. The first kappa shape index (κ1) is 21.8. The summed E-state index contributed by atoms with van der Waals surface area (Å²) in [5, 5.41) is 10.3. The Balaban J connectivity index is 1.87. The summed E-state index contributed by atoms with van der Waals surface area (Å²) in [5.74, 6) is 0.633. The molecule has 0 unspecified atom stereocenters. The summed E-state index contributed by atoms with van der Waals surface area (Å²) >= 11 is 6.19. The van der Waals surface area contributed by atoms with Gasteiger partial charge in [0.2, 0.25) is 0 Å². The number of carbonyl (C=O) groups is 1. The van der Waals surface area contributed by atoms with Crippen LogP contribution in [0.4, 0.5) is 0 Å². The third-order valence-corrected chi connectivity index (χ3v) is 4.37. The third-order valence-electron chi connectivity index (χ3n) is 4.01. The lowest BCUT2D eigenvalue weighted by atomic mass is 10.1. The Hall–Kier alpha value is -2.53. The predicted molar refractivity (Wildman–Crippen MR) is 117 cm³/mol. The van der Waals surface area contributed by atoms with Crippen molar-refractivity contribution in [3.05, 3.63) is 70.2 Å². The van der Waals surface area contributed by atoms with Gasteiger partial charge in [-0.3, -0.25) is 9.79 Å². The SMILES string of the molecule is CN=C(NCCc1ccccc1Cl)NCc1cccc(C(=O)NC(C)(C)C)c1. The molecule has 6 heteroatoms. The van der Waals surface area contributed by atoms with Gasteiger partial charge in [0.25, 0.3) is 5.91 Å². The summed E-state index contributed by atoms with van der Waals surface area (Å²) < 4.78 is 0. The number of carbonyl (C=O) groups excluding carboxylic acids is 1. The molecule has 0 aromatic heterocycles. The summed E-state index contributed by atoms with van der Waals surface area (Å²) in [7, 11) is 1.73. The van der Waals surface area contributed by atoms with Crippen molar-refractivity contribution in [2.45, 2.75) is 39.3 Å². The van der Waals surface area contributed by atoms with Crippen LogP contribution in [0.1, 0.15) is 42.3 Å². The number of hydrogen-bond acceptors (Lipinski definition) is 2. The Kier molecular flexibility index (Phi) is 7.88. The zero-order chi connectivity index (χ0) is 20.6. The van der Waals surface area contributed by atoms with E-state index in [9.17, 15) is 4.79 Å². The van der Waals surface area contributed by atoms with E-state index in [1.165, 1.54) is 0 Å². The second-order valence-corrected chi connectivity index (χ2v) is 8.01. The Bertz CT molecular complexity index is 827. The van der Waals surface area contributed by atoms with Gasteiger partial charge in [-0.2, -0.15) is 0 Å². The molecular formula is C22H29ClN4O. The highest BCUT2D eigenvalue weighted by molar-refractivity contribution is 6.31. The molecular weight excluding hydrogens is 372 g/mol. The van der Waals surface area contributed by atoms with E-state index >= 15 is 0 Å². The highest BCUT2D eigenvalue weighted by Gasteiger charge is 2.15. The van der Waals surface area contributed by atoms with Gasteiger partial charge in [-0.1, -0.05) is 41.9 Å². The van der Waals surface area contributed by atoms with Gasteiger partial charge in [0.05, 0.1) is 0 Å². The second-order valence-electron chi connectivity index (χ2n) is 7.60. The van der Waals surface area contributed by atoms with E-state index in [0.29, 0.717) is 18.1 Å². The average Bonchev–Trinajstić information content (AvgIpc) is 2.65. The van der Waals surface area contributed by atoms with E-state index in [1.54, 1.807) is 7.05 Å². The van der Waals surface area contributed by atoms with Crippen LogP contribution in [-0.2, 0) is 13.0 Å². The van der Waals surface area contributed by atoms with Crippen LogP contribution < -0.4 is 16.0 Å². The maximum Gasteiger partial charge on any atom is 0.251 e. The molecule has 0 saturated carbocycles. The molecule has 1 amide bonds. The summed E-state index contributed by atoms with van der Waals surface area (Å²) in [6, 6.07) is 15.4. The smallest absolute Gasteiger partial charge is 0.251 e. The minimum atomic E-state index is -0.265. The number of aliphatic imine (C=N–C) groups is 1. The number of hydrogen-bond donors (Lipinski definition) is 3. The van der Waals surface area contributed by atoms with Crippen molar-refractivity contribution in [1.82, 2.24) is 16.0 Å². The van der Waals surface area contributed by atoms with Crippen molar-refractivity contribution in [3.63, 3.8) is 0 Å². The highest BCUT2D eigenvalue weighted by atomic mass is 35.5. The first-order valence-corrected chi connectivity index (χ1v) is 9.75. The van der Waals surface area contributed by atoms with E-state index in [-0.39, 0.29) is 11.4 Å². The van der Waals surface area contributed by atoms with Crippen LogP contribution in [0.15, 0.2) is 53.5 Å². The standard InChI is InChI=1S/C22H29ClN4O/c1-22(2,3)27-20(28)18-10-7-8-16(14-18)15-26-21(24-4)25-13-12-17-9-5-6-11-19(17)23/h5-11,14H,12-13,15H2,1-4H3,(H,27,28)(H2,24,25,26). The minimum absolute atomic E-state index is 0.0726. The Morgan fingerprint density at radius 3 is 2.50 bits per heavy atom. The first-order valence-electron chi connectivity index (χ1n) is 9.38. The molecule has 3 N–H and O–H groups in total. The van der Waals surface area contributed by atoms with Gasteiger partial charge < -0.3 is 16.0 Å². The van der Waals surface area contributed by atoms with Crippen molar-refractivity contribution in [1.29, 1.82) is 0 Å². The lowest BCUT2D eigenvalue weighted by Crippen LogP contribution is -2.40. The molecule has 2 rings (SSSR count). The van der Waals surface area contributed by atoms with Crippen LogP contribution in [0.3, 0.4) is 0 Å². The van der Waals surface area contributed by atoms with Gasteiger partial charge >= 0.3 is 0 Å². The van der Waals surface area contributed by atoms with Crippen LogP contribution in [-0.4, -0.2) is 31.0 Å². The fraction of sp³-hybridized carbons (Fsp3) is 0.364. The van der Waals surface area contributed by atoms with Crippen molar-refractivity contribution in [2.75, 3.05) is 13.6 Å². The number of halogens is 1. The zero-order valence-corrected chi connectivity index (χ0v) is 17.7. The van der Waals surface area contributed by atoms with Crippen LogP contribution in [0.25, 0.3) is 0 Å². The third kappa shape index (κ3) is 7.24.